The summed E-state index contributed by atoms with van der Waals surface area (Å²) in [5, 5.41) is 11.8. The molecule has 0 radical (unpaired) electrons. The fourth-order valence-corrected chi connectivity index (χ4v) is 8.06. The minimum absolute atomic E-state index is 0.144. The Morgan fingerprint density at radius 3 is 1.18 bits per heavy atom. The molecule has 2 atom stereocenters. The summed E-state index contributed by atoms with van der Waals surface area (Å²) in [4.78, 5) is 37.3. The standard InChI is InChI=1S/C64H111NO8/c1-6-8-10-12-14-16-18-20-22-23-24-25-26-27-28-29-30-31-32-33-34-35-36-37-38-39-41-43-45-47-49-51-53-55-62(67)73-60(59-72-64(63(68)69)70-57-56-65(3,4)5)58-71-61(66)54-52-50-48-46-44-42-40-21-19-17-15-13-11-9-7-2/h8,10,14,16,20-22,24-25,27-28,30-31,40,60,64H,6-7,9,11-13,15,17-19,23,26,29,32-39,41-59H2,1-5H3/b10-8-,16-14-,22-20-,25-24-,28-27-,31-30-,40-21-. The number of rotatable bonds is 54. The van der Waals surface area contributed by atoms with Crippen molar-refractivity contribution in [1.82, 2.24) is 0 Å². The molecule has 9 nitrogen and oxygen atoms in total. The number of esters is 2. The molecule has 0 N–H and O–H groups in total. The van der Waals surface area contributed by atoms with E-state index in [1.54, 1.807) is 0 Å². The van der Waals surface area contributed by atoms with Crippen LogP contribution in [0.25, 0.3) is 0 Å². The van der Waals surface area contributed by atoms with Gasteiger partial charge in [-0.3, -0.25) is 9.59 Å². The quantitative estimate of drug-likeness (QED) is 0.0195. The zero-order chi connectivity index (χ0) is 53.4. The van der Waals surface area contributed by atoms with Crippen LogP contribution in [0.2, 0.25) is 0 Å². The molecule has 0 aromatic carbocycles. The molecular formula is C64H111NO8. The Hall–Kier alpha value is -3.53. The summed E-state index contributed by atoms with van der Waals surface area (Å²) in [6.45, 7) is 4.62. The Bertz CT molecular complexity index is 1470. The van der Waals surface area contributed by atoms with Crippen LogP contribution in [0.4, 0.5) is 0 Å². The summed E-state index contributed by atoms with van der Waals surface area (Å²) < 4.78 is 22.7. The van der Waals surface area contributed by atoms with Crippen LogP contribution < -0.4 is 5.11 Å². The van der Waals surface area contributed by atoms with Gasteiger partial charge >= 0.3 is 11.9 Å². The Morgan fingerprint density at radius 1 is 0.425 bits per heavy atom. The highest BCUT2D eigenvalue weighted by Crippen LogP contribution is 2.16. The number of carboxylic acids is 1. The van der Waals surface area contributed by atoms with Crippen LogP contribution in [0.5, 0.6) is 0 Å². The van der Waals surface area contributed by atoms with Crippen molar-refractivity contribution in [2.75, 3.05) is 47.5 Å². The van der Waals surface area contributed by atoms with Crippen molar-refractivity contribution in [1.29, 1.82) is 0 Å². The Kier molecular flexibility index (Phi) is 52.1. The van der Waals surface area contributed by atoms with E-state index in [1.165, 1.54) is 116 Å². The number of nitrogens with zero attached hydrogens (tertiary/aromatic N) is 1. The number of carboxylic acid groups (broad SMARTS) is 1. The highest BCUT2D eigenvalue weighted by Gasteiger charge is 2.22. The highest BCUT2D eigenvalue weighted by atomic mass is 16.7. The molecule has 420 valence electrons. The number of aliphatic carboxylic acids is 1. The largest absolute Gasteiger partial charge is 0.545 e. The lowest BCUT2D eigenvalue weighted by atomic mass is 10.0. The van der Waals surface area contributed by atoms with Crippen molar-refractivity contribution in [3.63, 3.8) is 0 Å². The summed E-state index contributed by atoms with van der Waals surface area (Å²) in [6.07, 6.45) is 69.2. The fourth-order valence-electron chi connectivity index (χ4n) is 8.06. The molecule has 0 saturated heterocycles. The van der Waals surface area contributed by atoms with Crippen molar-refractivity contribution in [2.24, 2.45) is 0 Å². The van der Waals surface area contributed by atoms with E-state index in [1.807, 2.05) is 21.1 Å². The predicted octanol–water partition coefficient (Wildman–Crippen LogP) is 16.2. The van der Waals surface area contributed by atoms with Gasteiger partial charge in [0.25, 0.3) is 0 Å². The van der Waals surface area contributed by atoms with E-state index in [4.69, 9.17) is 18.9 Å². The van der Waals surface area contributed by atoms with Gasteiger partial charge in [0, 0.05) is 12.8 Å². The van der Waals surface area contributed by atoms with Gasteiger partial charge in [-0.05, 0) is 89.9 Å². The first-order valence-electron chi connectivity index (χ1n) is 29.7. The fraction of sp³-hybridized carbons (Fsp3) is 0.734. The number of hydrogen-bond acceptors (Lipinski definition) is 8. The van der Waals surface area contributed by atoms with Crippen LogP contribution in [0.15, 0.2) is 85.1 Å². The summed E-state index contributed by atoms with van der Waals surface area (Å²) in [6, 6.07) is 0. The SMILES string of the molecule is CC/C=C\C/C=C\C/C=C\C/C=C\C/C=C\C/C=C\CCCCCCCCCCCCCCCCC(=O)OC(COC(=O)CCCCCCC/C=C\CCCCCCCC)COC(OCC[N+](C)(C)C)C(=O)[O-]. The molecule has 0 aromatic heterocycles. The molecule has 0 spiro atoms. The molecule has 0 aromatic rings. The average Bonchev–Trinajstić information content (AvgIpc) is 3.36. The second kappa shape index (κ2) is 54.7. The summed E-state index contributed by atoms with van der Waals surface area (Å²) >= 11 is 0. The van der Waals surface area contributed by atoms with E-state index in [-0.39, 0.29) is 38.6 Å². The van der Waals surface area contributed by atoms with Crippen molar-refractivity contribution >= 4 is 17.9 Å². The van der Waals surface area contributed by atoms with E-state index in [0.717, 1.165) is 96.3 Å². The number of carbonyl (C=O) groups excluding carboxylic acids is 3. The van der Waals surface area contributed by atoms with E-state index in [2.05, 4.69) is 98.9 Å². The Labute approximate surface area is 449 Å². The molecule has 9 heteroatoms. The number of allylic oxidation sites excluding steroid dienone is 14. The van der Waals surface area contributed by atoms with Crippen molar-refractivity contribution in [3.8, 4) is 0 Å². The first kappa shape index (κ1) is 69.5. The monoisotopic (exact) mass is 1020 g/mol. The highest BCUT2D eigenvalue weighted by molar-refractivity contribution is 5.70. The second-order valence-electron chi connectivity index (χ2n) is 20.9. The normalized spacial score (nSPS) is 13.4. The Balaban J connectivity index is 4.15. The minimum Gasteiger partial charge on any atom is -0.545 e. The zero-order valence-electron chi connectivity index (χ0n) is 47.7. The molecule has 0 amide bonds. The topological polar surface area (TPSA) is 111 Å². The number of quaternary nitrogens is 1. The first-order valence-corrected chi connectivity index (χ1v) is 29.7. The number of hydrogen-bond donors (Lipinski definition) is 0. The summed E-state index contributed by atoms with van der Waals surface area (Å²) in [5.74, 6) is -2.29. The van der Waals surface area contributed by atoms with E-state index in [0.29, 0.717) is 17.4 Å². The van der Waals surface area contributed by atoms with Crippen LogP contribution in [0, 0.1) is 0 Å². The molecular weight excluding hydrogens is 911 g/mol. The summed E-state index contributed by atoms with van der Waals surface area (Å²) in [7, 11) is 5.92. The van der Waals surface area contributed by atoms with Gasteiger partial charge in [0.1, 0.15) is 13.2 Å². The van der Waals surface area contributed by atoms with Gasteiger partial charge in [0.2, 0.25) is 0 Å². The van der Waals surface area contributed by atoms with Crippen LogP contribution in [-0.2, 0) is 33.3 Å². The Morgan fingerprint density at radius 2 is 0.781 bits per heavy atom. The molecule has 0 bridgehead atoms. The minimum atomic E-state index is -1.63. The van der Waals surface area contributed by atoms with Crippen LogP contribution >= 0.6 is 0 Å². The molecule has 0 saturated carbocycles. The number of likely N-dealkylation sites (N-methyl/N-ethyl adjacent to an activating group) is 1. The lowest BCUT2D eigenvalue weighted by Gasteiger charge is -2.26. The molecule has 2 unspecified atom stereocenters. The third-order valence-electron chi connectivity index (χ3n) is 12.6. The average molecular weight is 1020 g/mol. The molecule has 0 fully saturated rings. The number of carbonyl (C=O) groups is 3. The zero-order valence-corrected chi connectivity index (χ0v) is 47.7. The third kappa shape index (κ3) is 56.0. The predicted molar refractivity (Wildman–Crippen MR) is 306 cm³/mol. The lowest BCUT2D eigenvalue weighted by molar-refractivity contribution is -0.870. The number of ether oxygens (including phenoxy) is 4. The second-order valence-corrected chi connectivity index (χ2v) is 20.9. The van der Waals surface area contributed by atoms with E-state index < -0.39 is 24.3 Å². The van der Waals surface area contributed by atoms with Gasteiger partial charge in [-0.15, -0.1) is 0 Å². The maximum atomic E-state index is 12.9. The van der Waals surface area contributed by atoms with Gasteiger partial charge in [0.05, 0.1) is 40.3 Å². The van der Waals surface area contributed by atoms with Gasteiger partial charge in [-0.25, -0.2) is 0 Å². The molecule has 0 heterocycles. The first-order chi connectivity index (χ1) is 35.6. The van der Waals surface area contributed by atoms with Crippen LogP contribution in [0.3, 0.4) is 0 Å². The number of unbranched alkanes of at least 4 members (excludes halogenated alkanes) is 25. The van der Waals surface area contributed by atoms with Crippen LogP contribution in [-0.4, -0.2) is 82.3 Å². The van der Waals surface area contributed by atoms with E-state index >= 15 is 0 Å². The maximum Gasteiger partial charge on any atom is 0.306 e. The molecule has 0 rings (SSSR count). The van der Waals surface area contributed by atoms with Gasteiger partial charge in [-0.1, -0.05) is 227 Å². The molecule has 0 aliphatic heterocycles. The van der Waals surface area contributed by atoms with Crippen molar-refractivity contribution in [3.05, 3.63) is 85.1 Å². The lowest BCUT2D eigenvalue weighted by Crippen LogP contribution is -2.44. The van der Waals surface area contributed by atoms with Gasteiger partial charge < -0.3 is 33.3 Å². The van der Waals surface area contributed by atoms with Gasteiger partial charge in [-0.2, -0.15) is 0 Å². The third-order valence-corrected chi connectivity index (χ3v) is 12.6. The molecule has 0 aliphatic rings. The molecule has 0 aliphatic carbocycles. The van der Waals surface area contributed by atoms with Crippen molar-refractivity contribution in [2.45, 2.75) is 257 Å². The van der Waals surface area contributed by atoms with Gasteiger partial charge in [0.15, 0.2) is 12.4 Å². The van der Waals surface area contributed by atoms with Crippen LogP contribution in [0.1, 0.15) is 245 Å². The smallest absolute Gasteiger partial charge is 0.306 e. The van der Waals surface area contributed by atoms with E-state index in [9.17, 15) is 19.5 Å². The van der Waals surface area contributed by atoms with Crippen molar-refractivity contribution < 1.29 is 42.9 Å². The molecule has 73 heavy (non-hydrogen) atoms. The maximum absolute atomic E-state index is 12.9. The summed E-state index contributed by atoms with van der Waals surface area (Å²) in [5.41, 5.74) is 0.